The third-order valence-electron chi connectivity index (χ3n) is 9.58. The average Bonchev–Trinajstić information content (AvgIpc) is 3.68. The number of rotatable bonds is 5. The summed E-state index contributed by atoms with van der Waals surface area (Å²) in [6.45, 7) is 0. The van der Waals surface area contributed by atoms with E-state index in [4.69, 9.17) is 4.42 Å². The zero-order chi connectivity index (χ0) is 31.4. The van der Waals surface area contributed by atoms with E-state index in [2.05, 4.69) is 162 Å². The summed E-state index contributed by atoms with van der Waals surface area (Å²) >= 11 is 0. The van der Waals surface area contributed by atoms with Crippen molar-refractivity contribution in [2.75, 3.05) is 0 Å². The molecule has 47 heavy (non-hydrogen) atoms. The molecular formula is C43H28N2OSi. The van der Waals surface area contributed by atoms with Crippen LogP contribution in [-0.4, -0.2) is 12.6 Å². The van der Waals surface area contributed by atoms with Gasteiger partial charge in [-0.05, 0) is 63.2 Å². The van der Waals surface area contributed by atoms with E-state index in [1.165, 1.54) is 20.7 Å². The number of nitriles is 1. The molecule has 0 unspecified atom stereocenters. The van der Waals surface area contributed by atoms with Gasteiger partial charge < -0.3 is 8.98 Å². The molecule has 9 rings (SSSR count). The molecule has 0 aliphatic heterocycles. The smallest absolute Gasteiger partial charge is 0.179 e. The number of aromatic nitrogens is 1. The number of nitrogens with zero attached hydrogens (tertiary/aromatic N) is 2. The number of hydrogen-bond donors (Lipinski definition) is 0. The van der Waals surface area contributed by atoms with Gasteiger partial charge in [0.05, 0.1) is 22.7 Å². The van der Waals surface area contributed by atoms with Crippen LogP contribution in [0.3, 0.4) is 0 Å². The fourth-order valence-corrected chi connectivity index (χ4v) is 12.4. The van der Waals surface area contributed by atoms with Gasteiger partial charge in [-0.15, -0.1) is 0 Å². The summed E-state index contributed by atoms with van der Waals surface area (Å²) in [5.41, 5.74) is 5.52. The molecule has 3 nitrogen and oxygen atoms in total. The quantitative estimate of drug-likeness (QED) is 0.146. The van der Waals surface area contributed by atoms with E-state index in [0.29, 0.717) is 5.56 Å². The Hall–Kier alpha value is -6.15. The lowest BCUT2D eigenvalue weighted by atomic mass is 10.1. The second-order valence-electron chi connectivity index (χ2n) is 12.0. The summed E-state index contributed by atoms with van der Waals surface area (Å²) in [7, 11) is -2.71. The van der Waals surface area contributed by atoms with Crippen LogP contribution in [0.15, 0.2) is 174 Å². The maximum Gasteiger partial charge on any atom is 0.179 e. The van der Waals surface area contributed by atoms with Crippen molar-refractivity contribution in [3.05, 3.63) is 175 Å². The first-order valence-electron chi connectivity index (χ1n) is 15.8. The van der Waals surface area contributed by atoms with E-state index in [1.807, 2.05) is 18.2 Å². The van der Waals surface area contributed by atoms with Gasteiger partial charge in [0.2, 0.25) is 0 Å². The highest BCUT2D eigenvalue weighted by Crippen LogP contribution is 2.36. The Morgan fingerprint density at radius 2 is 1.02 bits per heavy atom. The summed E-state index contributed by atoms with van der Waals surface area (Å²) in [4.78, 5) is 0. The Balaban J connectivity index is 1.34. The first-order chi connectivity index (χ1) is 23.3. The molecular weight excluding hydrogens is 589 g/mol. The molecule has 2 aromatic heterocycles. The largest absolute Gasteiger partial charge is 0.456 e. The van der Waals surface area contributed by atoms with Gasteiger partial charge in [-0.25, -0.2) is 0 Å². The first kappa shape index (κ1) is 27.2. The fourth-order valence-electron chi connectivity index (χ4n) is 7.59. The molecule has 2 heterocycles. The van der Waals surface area contributed by atoms with Gasteiger partial charge in [-0.1, -0.05) is 127 Å². The summed E-state index contributed by atoms with van der Waals surface area (Å²) in [5, 5.41) is 19.5. The predicted molar refractivity (Wildman–Crippen MR) is 196 cm³/mol. The summed E-state index contributed by atoms with van der Waals surface area (Å²) < 4.78 is 8.75. The molecule has 0 fully saturated rings. The fraction of sp³-hybridized carbons (Fsp3) is 0. The minimum atomic E-state index is -2.71. The Kier molecular flexibility index (Phi) is 6.21. The average molecular weight is 617 g/mol. The standard InChI is InChI=1S/C43H28N2OSi/c44-29-30-13-12-22-40-43(30)36-20-10-11-21-39(36)45(40)31-23-25-41-37(27-31)38-28-35(24-26-42(38)46-41)47(32-14-4-1-5-15-32,33-16-6-2-7-17-33)34-18-8-3-9-19-34/h1-28H. The molecule has 0 atom stereocenters. The van der Waals surface area contributed by atoms with Crippen molar-refractivity contribution in [3.63, 3.8) is 0 Å². The van der Waals surface area contributed by atoms with Crippen molar-refractivity contribution in [1.82, 2.24) is 4.57 Å². The molecule has 0 saturated heterocycles. The van der Waals surface area contributed by atoms with E-state index >= 15 is 0 Å². The molecule has 9 aromatic rings. The van der Waals surface area contributed by atoms with Gasteiger partial charge in [-0.3, -0.25) is 0 Å². The molecule has 0 bridgehead atoms. The molecule has 4 heteroatoms. The van der Waals surface area contributed by atoms with Crippen LogP contribution < -0.4 is 20.7 Å². The van der Waals surface area contributed by atoms with E-state index in [1.54, 1.807) is 0 Å². The minimum absolute atomic E-state index is 0.681. The van der Waals surface area contributed by atoms with Crippen LogP contribution in [0, 0.1) is 11.3 Å². The lowest BCUT2D eigenvalue weighted by Gasteiger charge is -2.34. The van der Waals surface area contributed by atoms with Gasteiger partial charge in [0.25, 0.3) is 0 Å². The van der Waals surface area contributed by atoms with Crippen molar-refractivity contribution >= 4 is 72.6 Å². The summed E-state index contributed by atoms with van der Waals surface area (Å²) in [6, 6.07) is 63.0. The molecule has 0 N–H and O–H groups in total. The Morgan fingerprint density at radius 3 is 1.66 bits per heavy atom. The second kappa shape index (κ2) is 10.7. The van der Waals surface area contributed by atoms with Gasteiger partial charge in [-0.2, -0.15) is 5.26 Å². The molecule has 220 valence electrons. The molecule has 0 amide bonds. The first-order valence-corrected chi connectivity index (χ1v) is 17.8. The minimum Gasteiger partial charge on any atom is -0.456 e. The predicted octanol–water partition coefficient (Wildman–Crippen LogP) is 7.93. The molecule has 7 aromatic carbocycles. The van der Waals surface area contributed by atoms with Crippen LogP contribution in [0.25, 0.3) is 49.4 Å². The Morgan fingerprint density at radius 1 is 0.468 bits per heavy atom. The highest BCUT2D eigenvalue weighted by atomic mass is 28.3. The lowest BCUT2D eigenvalue weighted by molar-refractivity contribution is 0.669. The van der Waals surface area contributed by atoms with Crippen LogP contribution >= 0.6 is 0 Å². The van der Waals surface area contributed by atoms with Crippen LogP contribution in [0.5, 0.6) is 0 Å². The number of fused-ring (bicyclic) bond motifs is 6. The van der Waals surface area contributed by atoms with Gasteiger partial charge in [0.15, 0.2) is 8.07 Å². The number of furan rings is 1. The highest BCUT2D eigenvalue weighted by Gasteiger charge is 2.41. The topological polar surface area (TPSA) is 41.9 Å². The van der Waals surface area contributed by atoms with Crippen LogP contribution in [0.4, 0.5) is 0 Å². The normalized spacial score (nSPS) is 11.8. The second-order valence-corrected chi connectivity index (χ2v) is 15.8. The third kappa shape index (κ3) is 4.04. The number of hydrogen-bond acceptors (Lipinski definition) is 2. The van der Waals surface area contributed by atoms with Crippen molar-refractivity contribution < 1.29 is 4.42 Å². The maximum atomic E-state index is 9.98. The van der Waals surface area contributed by atoms with Crippen molar-refractivity contribution in [1.29, 1.82) is 5.26 Å². The van der Waals surface area contributed by atoms with Crippen molar-refractivity contribution in [2.24, 2.45) is 0 Å². The third-order valence-corrected chi connectivity index (χ3v) is 14.4. The van der Waals surface area contributed by atoms with Gasteiger partial charge in [0, 0.05) is 27.2 Å². The molecule has 0 spiro atoms. The monoisotopic (exact) mass is 616 g/mol. The number of benzene rings is 7. The summed E-state index contributed by atoms with van der Waals surface area (Å²) in [5.74, 6) is 0. The van der Waals surface area contributed by atoms with E-state index in [-0.39, 0.29) is 0 Å². The van der Waals surface area contributed by atoms with Gasteiger partial charge in [0.1, 0.15) is 11.2 Å². The highest BCUT2D eigenvalue weighted by molar-refractivity contribution is 7.20. The van der Waals surface area contributed by atoms with Crippen molar-refractivity contribution in [3.8, 4) is 11.8 Å². The van der Waals surface area contributed by atoms with Crippen LogP contribution in [0.2, 0.25) is 0 Å². The van der Waals surface area contributed by atoms with Crippen LogP contribution in [-0.2, 0) is 0 Å². The Bertz CT molecular complexity index is 2530. The van der Waals surface area contributed by atoms with Crippen molar-refractivity contribution in [2.45, 2.75) is 0 Å². The zero-order valence-electron chi connectivity index (χ0n) is 25.5. The van der Waals surface area contributed by atoms with E-state index in [9.17, 15) is 5.26 Å². The zero-order valence-corrected chi connectivity index (χ0v) is 26.5. The van der Waals surface area contributed by atoms with E-state index in [0.717, 1.165) is 49.4 Å². The van der Waals surface area contributed by atoms with Gasteiger partial charge >= 0.3 is 0 Å². The lowest BCUT2D eigenvalue weighted by Crippen LogP contribution is -2.74. The molecule has 0 radical (unpaired) electrons. The van der Waals surface area contributed by atoms with E-state index < -0.39 is 8.07 Å². The Labute approximate surface area is 273 Å². The number of para-hydroxylation sites is 1. The SMILES string of the molecule is N#Cc1cccc2c1c1ccccc1n2-c1ccc2oc3ccc([Si](c4ccccc4)(c4ccccc4)c4ccccc4)cc3c2c1. The van der Waals surface area contributed by atoms with Crippen LogP contribution in [0.1, 0.15) is 5.56 Å². The molecule has 0 aliphatic rings. The molecule has 0 aliphatic carbocycles. The maximum absolute atomic E-state index is 9.98. The molecule has 0 saturated carbocycles. The summed E-state index contributed by atoms with van der Waals surface area (Å²) in [6.07, 6.45) is 0.